The van der Waals surface area contributed by atoms with Gasteiger partial charge in [-0.1, -0.05) is 30.3 Å². The molecule has 3 N–H and O–H groups in total. The lowest BCUT2D eigenvalue weighted by atomic mass is 10.1. The average molecular weight is 499 g/mol. The highest BCUT2D eigenvalue weighted by molar-refractivity contribution is 7.10. The van der Waals surface area contributed by atoms with E-state index in [2.05, 4.69) is 43.9 Å². The quantitative estimate of drug-likeness (QED) is 0.306. The van der Waals surface area contributed by atoms with Crippen molar-refractivity contribution in [2.24, 2.45) is 5.73 Å². The van der Waals surface area contributed by atoms with Crippen LogP contribution in [0.5, 0.6) is 5.75 Å². The maximum atomic E-state index is 11.1. The van der Waals surface area contributed by atoms with Crippen LogP contribution in [0.3, 0.4) is 0 Å². The number of carbonyl (C=O) groups excluding carboxylic acids is 1. The Morgan fingerprint density at radius 2 is 1.86 bits per heavy atom. The van der Waals surface area contributed by atoms with Crippen LogP contribution in [0.15, 0.2) is 66.3 Å². The van der Waals surface area contributed by atoms with Gasteiger partial charge in [0.1, 0.15) is 22.9 Å². The molecule has 0 saturated carbocycles. The second-order valence-corrected chi connectivity index (χ2v) is 9.34. The van der Waals surface area contributed by atoms with Gasteiger partial charge in [-0.05, 0) is 25.1 Å². The molecule has 0 bridgehead atoms. The van der Waals surface area contributed by atoms with Crippen molar-refractivity contribution in [2.45, 2.75) is 19.9 Å². The molecule has 3 heterocycles. The number of amides is 1. The van der Waals surface area contributed by atoms with E-state index < -0.39 is 0 Å². The summed E-state index contributed by atoms with van der Waals surface area (Å²) >= 11 is 1.44. The van der Waals surface area contributed by atoms with E-state index in [-0.39, 0.29) is 12.3 Å². The molecular weight excluding hydrogens is 472 g/mol. The summed E-state index contributed by atoms with van der Waals surface area (Å²) in [5, 5.41) is 7.19. The Balaban J connectivity index is 1.26. The van der Waals surface area contributed by atoms with Gasteiger partial charge in [0.05, 0.1) is 30.4 Å². The number of fused-ring (bicyclic) bond motifs is 1. The SMILES string of the molecule is COc1cccc2c1cc(C)n2CCNc1cc(-c2ccc(-c3csc(CC(N)=O)n3)cc2)ncn1. The fourth-order valence-electron chi connectivity index (χ4n) is 4.26. The predicted octanol–water partition coefficient (Wildman–Crippen LogP) is 4.68. The lowest BCUT2D eigenvalue weighted by molar-refractivity contribution is -0.117. The van der Waals surface area contributed by atoms with Gasteiger partial charge in [-0.3, -0.25) is 4.79 Å². The monoisotopic (exact) mass is 498 g/mol. The zero-order valence-corrected chi connectivity index (χ0v) is 20.9. The summed E-state index contributed by atoms with van der Waals surface area (Å²) in [6.07, 6.45) is 1.73. The second kappa shape index (κ2) is 10.2. The first kappa shape index (κ1) is 23.5. The zero-order chi connectivity index (χ0) is 25.1. The number of benzene rings is 2. The smallest absolute Gasteiger partial charge is 0.224 e. The number of nitrogens with one attached hydrogen (secondary N) is 1. The number of anilines is 1. The summed E-state index contributed by atoms with van der Waals surface area (Å²) in [5.41, 5.74) is 11.2. The number of primary amides is 1. The molecule has 0 aliphatic carbocycles. The first-order chi connectivity index (χ1) is 17.5. The molecular formula is C27H26N6O2S. The van der Waals surface area contributed by atoms with Crippen molar-refractivity contribution in [2.75, 3.05) is 19.0 Å². The van der Waals surface area contributed by atoms with Gasteiger partial charge in [0.25, 0.3) is 0 Å². The number of carbonyl (C=O) groups is 1. The summed E-state index contributed by atoms with van der Waals surface area (Å²) < 4.78 is 7.78. The van der Waals surface area contributed by atoms with E-state index in [4.69, 9.17) is 10.5 Å². The third-order valence-electron chi connectivity index (χ3n) is 6.00. The number of methoxy groups -OCH3 is 1. The second-order valence-electron chi connectivity index (χ2n) is 8.39. The van der Waals surface area contributed by atoms with E-state index in [1.807, 2.05) is 47.8 Å². The van der Waals surface area contributed by atoms with Crippen LogP contribution in [0.25, 0.3) is 33.4 Å². The molecule has 5 rings (SSSR count). The van der Waals surface area contributed by atoms with Crippen molar-refractivity contribution < 1.29 is 9.53 Å². The number of aromatic nitrogens is 4. The summed E-state index contributed by atoms with van der Waals surface area (Å²) in [7, 11) is 1.70. The molecule has 0 aliphatic rings. The molecule has 0 radical (unpaired) electrons. The van der Waals surface area contributed by atoms with Crippen LogP contribution in [0.1, 0.15) is 10.7 Å². The number of thiazole rings is 1. The molecule has 0 atom stereocenters. The highest BCUT2D eigenvalue weighted by atomic mass is 32.1. The minimum atomic E-state index is -0.378. The summed E-state index contributed by atoms with van der Waals surface area (Å²) in [4.78, 5) is 24.5. The van der Waals surface area contributed by atoms with E-state index in [9.17, 15) is 4.79 Å². The average Bonchev–Trinajstić information content (AvgIpc) is 3.48. The Kier molecular flexibility index (Phi) is 6.64. The van der Waals surface area contributed by atoms with Crippen LogP contribution in [-0.2, 0) is 17.8 Å². The van der Waals surface area contributed by atoms with Crippen LogP contribution in [-0.4, -0.2) is 39.1 Å². The lowest BCUT2D eigenvalue weighted by Crippen LogP contribution is -2.13. The highest BCUT2D eigenvalue weighted by Crippen LogP contribution is 2.29. The van der Waals surface area contributed by atoms with Gasteiger partial charge in [0.2, 0.25) is 5.91 Å². The summed E-state index contributed by atoms with van der Waals surface area (Å²) in [6.45, 7) is 3.62. The van der Waals surface area contributed by atoms with Gasteiger partial charge in [0, 0.05) is 46.7 Å². The molecule has 0 saturated heterocycles. The Bertz CT molecular complexity index is 1520. The van der Waals surface area contributed by atoms with Crippen molar-refractivity contribution in [1.29, 1.82) is 0 Å². The summed E-state index contributed by atoms with van der Waals surface area (Å²) in [5.74, 6) is 1.28. The molecule has 8 nitrogen and oxygen atoms in total. The molecule has 9 heteroatoms. The Morgan fingerprint density at radius 3 is 2.61 bits per heavy atom. The van der Waals surface area contributed by atoms with Gasteiger partial charge in [-0.15, -0.1) is 11.3 Å². The van der Waals surface area contributed by atoms with E-state index in [0.717, 1.165) is 56.5 Å². The van der Waals surface area contributed by atoms with Crippen molar-refractivity contribution in [3.8, 4) is 28.3 Å². The van der Waals surface area contributed by atoms with Crippen molar-refractivity contribution in [3.05, 3.63) is 77.0 Å². The first-order valence-corrected chi connectivity index (χ1v) is 12.4. The van der Waals surface area contributed by atoms with Crippen molar-refractivity contribution in [1.82, 2.24) is 19.5 Å². The minimum Gasteiger partial charge on any atom is -0.496 e. The minimum absolute atomic E-state index is 0.160. The van der Waals surface area contributed by atoms with Gasteiger partial charge in [0.15, 0.2) is 0 Å². The normalized spacial score (nSPS) is 11.1. The molecule has 5 aromatic rings. The van der Waals surface area contributed by atoms with E-state index in [1.54, 1.807) is 13.4 Å². The lowest BCUT2D eigenvalue weighted by Gasteiger charge is -2.11. The van der Waals surface area contributed by atoms with Gasteiger partial charge in [-0.25, -0.2) is 15.0 Å². The number of nitrogens with zero attached hydrogens (tertiary/aromatic N) is 4. The zero-order valence-electron chi connectivity index (χ0n) is 20.1. The number of rotatable bonds is 9. The van der Waals surface area contributed by atoms with E-state index >= 15 is 0 Å². The number of hydrogen-bond acceptors (Lipinski definition) is 7. The number of hydrogen-bond donors (Lipinski definition) is 2. The molecule has 2 aromatic carbocycles. The fourth-order valence-corrected chi connectivity index (χ4v) is 5.07. The van der Waals surface area contributed by atoms with Crippen LogP contribution in [0, 0.1) is 6.92 Å². The molecule has 36 heavy (non-hydrogen) atoms. The largest absolute Gasteiger partial charge is 0.496 e. The molecule has 182 valence electrons. The number of nitrogens with two attached hydrogens (primary N) is 1. The van der Waals surface area contributed by atoms with E-state index in [0.29, 0.717) is 6.54 Å². The maximum absolute atomic E-state index is 11.1. The molecule has 1 amide bonds. The Hall–Kier alpha value is -4.24. The number of aryl methyl sites for hydroxylation is 1. The maximum Gasteiger partial charge on any atom is 0.224 e. The first-order valence-electron chi connectivity index (χ1n) is 11.5. The topological polar surface area (TPSA) is 108 Å². The molecule has 3 aromatic heterocycles. The van der Waals surface area contributed by atoms with Gasteiger partial charge < -0.3 is 20.4 Å². The van der Waals surface area contributed by atoms with Gasteiger partial charge in [-0.2, -0.15) is 0 Å². The molecule has 0 fully saturated rings. The third kappa shape index (κ3) is 4.92. The van der Waals surface area contributed by atoms with Crippen LogP contribution < -0.4 is 15.8 Å². The van der Waals surface area contributed by atoms with Crippen LogP contribution in [0.2, 0.25) is 0 Å². The van der Waals surface area contributed by atoms with Gasteiger partial charge >= 0.3 is 0 Å². The van der Waals surface area contributed by atoms with Crippen LogP contribution in [0.4, 0.5) is 5.82 Å². The molecule has 0 aliphatic heterocycles. The van der Waals surface area contributed by atoms with Crippen molar-refractivity contribution >= 4 is 34.0 Å². The van der Waals surface area contributed by atoms with Crippen LogP contribution >= 0.6 is 11.3 Å². The molecule has 0 unspecified atom stereocenters. The molecule has 0 spiro atoms. The Morgan fingerprint density at radius 1 is 1.08 bits per heavy atom. The highest BCUT2D eigenvalue weighted by Gasteiger charge is 2.10. The van der Waals surface area contributed by atoms with Crippen molar-refractivity contribution in [3.63, 3.8) is 0 Å². The predicted molar refractivity (Wildman–Crippen MR) is 143 cm³/mol. The van der Waals surface area contributed by atoms with E-state index in [1.165, 1.54) is 17.0 Å². The summed E-state index contributed by atoms with van der Waals surface area (Å²) in [6, 6.07) is 18.2. The third-order valence-corrected chi connectivity index (χ3v) is 6.84. The Labute approximate surface area is 212 Å². The standard InChI is InChI=1S/C27H26N6O2S/c1-17-12-20-23(4-3-5-24(20)35-2)33(17)11-10-29-26-13-21(30-16-31-26)18-6-8-19(9-7-18)22-15-36-27(32-22)14-25(28)34/h3-9,12-13,15-16H,10-11,14H2,1-2H3,(H2,28,34)(H,29,30,31). The fraction of sp³-hybridized carbons (Fsp3) is 0.185. The number of ether oxygens (including phenoxy) is 1.